The molecule has 0 bridgehead atoms. The highest BCUT2D eigenvalue weighted by molar-refractivity contribution is 9.09. The molecule has 4 unspecified atom stereocenters. The van der Waals surface area contributed by atoms with E-state index >= 15 is 0 Å². The minimum absolute atomic E-state index is 0.240. The Morgan fingerprint density at radius 3 is 1.50 bits per heavy atom. The lowest BCUT2D eigenvalue weighted by Crippen LogP contribution is -2.23. The van der Waals surface area contributed by atoms with Crippen molar-refractivity contribution in [2.75, 3.05) is 13.2 Å². The molecule has 2 aliphatic rings. The zero-order chi connectivity index (χ0) is 8.55. The molecule has 2 aliphatic heterocycles. The van der Waals surface area contributed by atoms with Gasteiger partial charge in [-0.1, -0.05) is 31.9 Å². The fraction of sp³-hybridized carbons (Fsp3) is 1.00. The van der Waals surface area contributed by atoms with Gasteiger partial charge in [0.05, 0.1) is 0 Å². The number of halogens is 2. The molecule has 2 saturated heterocycles. The van der Waals surface area contributed by atoms with E-state index in [4.69, 9.17) is 9.47 Å². The Hall–Kier alpha value is 0.880. The van der Waals surface area contributed by atoms with E-state index in [1.54, 1.807) is 0 Å². The van der Waals surface area contributed by atoms with E-state index in [9.17, 15) is 0 Å². The van der Waals surface area contributed by atoms with Gasteiger partial charge in [0.15, 0.2) is 0 Å². The van der Waals surface area contributed by atoms with Crippen molar-refractivity contribution in [3.63, 3.8) is 0 Å². The van der Waals surface area contributed by atoms with E-state index < -0.39 is 0 Å². The predicted molar refractivity (Wildman–Crippen MR) is 53.5 cm³/mol. The second-order valence-corrected chi connectivity index (χ2v) is 5.15. The van der Waals surface area contributed by atoms with Crippen molar-refractivity contribution in [3.05, 3.63) is 0 Å². The summed E-state index contributed by atoms with van der Waals surface area (Å²) in [7, 11) is 0. The quantitative estimate of drug-likeness (QED) is 0.693. The largest absolute Gasteiger partial charge is 0.367 e. The topological polar surface area (TPSA) is 18.5 Å². The molecule has 2 nitrogen and oxygen atoms in total. The summed E-state index contributed by atoms with van der Waals surface area (Å²) in [6.45, 7) is 1.77. The SMILES string of the molecule is BrC1OCCC1C1CCOC1Br. The molecule has 0 aromatic carbocycles. The Labute approximate surface area is 89.2 Å². The number of alkyl halides is 2. The Morgan fingerprint density at radius 1 is 0.833 bits per heavy atom. The van der Waals surface area contributed by atoms with Crippen molar-refractivity contribution in [2.24, 2.45) is 11.8 Å². The molecule has 70 valence electrons. The Kier molecular flexibility index (Phi) is 3.10. The Bertz CT molecular complexity index is 147. The van der Waals surface area contributed by atoms with E-state index in [1.807, 2.05) is 0 Å². The van der Waals surface area contributed by atoms with Crippen LogP contribution in [0.25, 0.3) is 0 Å². The molecule has 4 atom stereocenters. The number of hydrogen-bond donors (Lipinski definition) is 0. The van der Waals surface area contributed by atoms with Crippen molar-refractivity contribution < 1.29 is 9.47 Å². The van der Waals surface area contributed by atoms with E-state index in [1.165, 1.54) is 0 Å². The average molecular weight is 300 g/mol. The van der Waals surface area contributed by atoms with Crippen LogP contribution >= 0.6 is 31.9 Å². The molecule has 0 aromatic heterocycles. The lowest BCUT2D eigenvalue weighted by Gasteiger charge is -2.21. The molecule has 4 heteroatoms. The molecule has 2 rings (SSSR count). The standard InChI is InChI=1S/C8H12Br2O2/c9-7-5(1-3-11-7)6-2-4-12-8(6)10/h5-8H,1-4H2. The average Bonchev–Trinajstić information content (AvgIpc) is 2.59. The van der Waals surface area contributed by atoms with Gasteiger partial charge in [-0.3, -0.25) is 0 Å². The van der Waals surface area contributed by atoms with Crippen LogP contribution in [-0.2, 0) is 9.47 Å². The summed E-state index contributed by atoms with van der Waals surface area (Å²) in [4.78, 5) is 0. The van der Waals surface area contributed by atoms with Crippen LogP contribution in [0, 0.1) is 11.8 Å². The van der Waals surface area contributed by atoms with Crippen molar-refractivity contribution in [3.8, 4) is 0 Å². The second kappa shape index (κ2) is 3.95. The normalized spacial score (nSPS) is 48.5. The summed E-state index contributed by atoms with van der Waals surface area (Å²) < 4.78 is 10.9. The summed E-state index contributed by atoms with van der Waals surface area (Å²) in [6.07, 6.45) is 2.32. The highest BCUT2D eigenvalue weighted by Gasteiger charge is 2.39. The predicted octanol–water partition coefficient (Wildman–Crippen LogP) is 2.50. The van der Waals surface area contributed by atoms with Gasteiger partial charge >= 0.3 is 0 Å². The zero-order valence-electron chi connectivity index (χ0n) is 6.71. The van der Waals surface area contributed by atoms with Crippen molar-refractivity contribution >= 4 is 31.9 Å². The van der Waals surface area contributed by atoms with E-state index in [-0.39, 0.29) is 10.0 Å². The van der Waals surface area contributed by atoms with Gasteiger partial charge in [0.25, 0.3) is 0 Å². The lowest BCUT2D eigenvalue weighted by atomic mass is 9.91. The zero-order valence-corrected chi connectivity index (χ0v) is 9.88. The summed E-state index contributed by atoms with van der Waals surface area (Å²) in [5, 5.41) is 0.480. The summed E-state index contributed by atoms with van der Waals surface area (Å²) in [5.41, 5.74) is 0. The lowest BCUT2D eigenvalue weighted by molar-refractivity contribution is 0.124. The molecule has 0 N–H and O–H groups in total. The minimum Gasteiger partial charge on any atom is -0.367 e. The highest BCUT2D eigenvalue weighted by Crippen LogP contribution is 2.40. The third-order valence-corrected chi connectivity index (χ3v) is 4.57. The molecular formula is C8H12Br2O2. The number of ether oxygens (including phenoxy) is 2. The molecule has 0 saturated carbocycles. The van der Waals surface area contributed by atoms with E-state index in [0.29, 0.717) is 11.8 Å². The highest BCUT2D eigenvalue weighted by atomic mass is 79.9. The first-order valence-electron chi connectivity index (χ1n) is 4.30. The molecule has 0 radical (unpaired) electrons. The summed E-state index contributed by atoms with van der Waals surface area (Å²) >= 11 is 7.09. The Balaban J connectivity index is 1.98. The van der Waals surface area contributed by atoms with Gasteiger partial charge < -0.3 is 9.47 Å². The van der Waals surface area contributed by atoms with E-state index in [2.05, 4.69) is 31.9 Å². The molecule has 0 aromatic rings. The second-order valence-electron chi connectivity index (χ2n) is 3.35. The van der Waals surface area contributed by atoms with Crippen LogP contribution in [0.3, 0.4) is 0 Å². The maximum atomic E-state index is 5.47. The fourth-order valence-electron chi connectivity index (χ4n) is 1.96. The summed E-state index contributed by atoms with van der Waals surface area (Å²) in [6, 6.07) is 0. The fourth-order valence-corrected chi connectivity index (χ4v) is 3.65. The molecule has 0 aliphatic carbocycles. The third-order valence-electron chi connectivity index (χ3n) is 2.68. The van der Waals surface area contributed by atoms with Crippen molar-refractivity contribution in [1.82, 2.24) is 0 Å². The van der Waals surface area contributed by atoms with Crippen LogP contribution < -0.4 is 0 Å². The first kappa shape index (κ1) is 9.44. The van der Waals surface area contributed by atoms with Gasteiger partial charge in [0.1, 0.15) is 10.0 Å². The van der Waals surface area contributed by atoms with Crippen LogP contribution in [0.4, 0.5) is 0 Å². The van der Waals surface area contributed by atoms with Crippen molar-refractivity contribution in [1.29, 1.82) is 0 Å². The number of rotatable bonds is 1. The maximum absolute atomic E-state index is 5.47. The van der Waals surface area contributed by atoms with Gasteiger partial charge in [0.2, 0.25) is 0 Å². The van der Waals surface area contributed by atoms with Crippen LogP contribution in [0.2, 0.25) is 0 Å². The summed E-state index contributed by atoms with van der Waals surface area (Å²) in [5.74, 6) is 1.24. The van der Waals surface area contributed by atoms with Crippen molar-refractivity contribution in [2.45, 2.75) is 22.9 Å². The van der Waals surface area contributed by atoms with Gasteiger partial charge in [0, 0.05) is 25.0 Å². The first-order chi connectivity index (χ1) is 5.79. The van der Waals surface area contributed by atoms with Crippen LogP contribution in [-0.4, -0.2) is 23.2 Å². The van der Waals surface area contributed by atoms with Gasteiger partial charge in [-0.05, 0) is 12.8 Å². The molecule has 2 fully saturated rings. The van der Waals surface area contributed by atoms with Crippen LogP contribution in [0.15, 0.2) is 0 Å². The minimum atomic E-state index is 0.240. The van der Waals surface area contributed by atoms with Gasteiger partial charge in [-0.15, -0.1) is 0 Å². The monoisotopic (exact) mass is 298 g/mol. The molecule has 0 spiro atoms. The first-order valence-corrected chi connectivity index (χ1v) is 6.13. The molecule has 0 amide bonds. The third kappa shape index (κ3) is 1.72. The smallest absolute Gasteiger partial charge is 0.115 e. The maximum Gasteiger partial charge on any atom is 0.115 e. The van der Waals surface area contributed by atoms with Gasteiger partial charge in [-0.2, -0.15) is 0 Å². The number of hydrogen-bond acceptors (Lipinski definition) is 2. The van der Waals surface area contributed by atoms with Gasteiger partial charge in [-0.25, -0.2) is 0 Å². The molecular weight excluding hydrogens is 288 g/mol. The van der Waals surface area contributed by atoms with Crippen LogP contribution in [0.5, 0.6) is 0 Å². The Morgan fingerprint density at radius 2 is 1.25 bits per heavy atom. The van der Waals surface area contributed by atoms with E-state index in [0.717, 1.165) is 26.1 Å². The molecule has 2 heterocycles. The van der Waals surface area contributed by atoms with Crippen LogP contribution in [0.1, 0.15) is 12.8 Å². The molecule has 12 heavy (non-hydrogen) atoms.